The molecule has 0 aromatic rings. The second-order valence-corrected chi connectivity index (χ2v) is 2.20. The van der Waals surface area contributed by atoms with Crippen molar-refractivity contribution in [1.82, 2.24) is 0 Å². The van der Waals surface area contributed by atoms with Gasteiger partial charge in [-0.2, -0.15) is 0 Å². The van der Waals surface area contributed by atoms with Gasteiger partial charge in [-0.15, -0.1) is 0 Å². The van der Waals surface area contributed by atoms with Crippen molar-refractivity contribution >= 4 is 11.6 Å². The van der Waals surface area contributed by atoms with E-state index in [1.54, 1.807) is 0 Å². The van der Waals surface area contributed by atoms with Gasteiger partial charge in [0.25, 0.3) is 0 Å². The Morgan fingerprint density at radius 3 is 2.17 bits per heavy atom. The molecule has 1 fully saturated rings. The number of alkyl halides is 2. The molecule has 1 saturated carbocycles. The first-order chi connectivity index (χ1) is 2.63. The highest BCUT2D eigenvalue weighted by Crippen LogP contribution is 2.42. The number of hydrogen-bond donors (Lipinski definition) is 1. The third-order valence-corrected chi connectivity index (χ3v) is 1.31. The molecule has 1 aliphatic rings. The average Bonchev–Trinajstić information content (AvgIpc) is 1.73. The lowest BCUT2D eigenvalue weighted by Gasteiger charge is -1.84. The molecule has 0 heterocycles. The molecule has 1 nitrogen and oxygen atoms in total. The summed E-state index contributed by atoms with van der Waals surface area (Å²) in [5.74, 6) is 0. The molecule has 2 atom stereocenters. The van der Waals surface area contributed by atoms with Crippen molar-refractivity contribution in [2.75, 3.05) is 0 Å². The molecule has 0 aliphatic heterocycles. The van der Waals surface area contributed by atoms with E-state index >= 15 is 0 Å². The van der Waals surface area contributed by atoms with Crippen LogP contribution in [-0.4, -0.2) is 11.2 Å². The Morgan fingerprint density at radius 2 is 2.17 bits per heavy atom. The van der Waals surface area contributed by atoms with Crippen LogP contribution in [0.1, 0.15) is 6.42 Å². The van der Waals surface area contributed by atoms with Crippen molar-refractivity contribution in [3.05, 3.63) is 0 Å². The highest BCUT2D eigenvalue weighted by molar-refractivity contribution is 6.25. The largest absolute Gasteiger partial charge is 0.324 e. The molecule has 2 unspecified atom stereocenters. The van der Waals surface area contributed by atoms with Gasteiger partial charge in [-0.3, -0.25) is 0 Å². The van der Waals surface area contributed by atoms with E-state index in [-0.39, 0.29) is 0 Å². The van der Waals surface area contributed by atoms with Crippen LogP contribution in [-0.2, 0) is 0 Å². The first-order valence-corrected chi connectivity index (χ1v) is 2.14. The normalized spacial score (nSPS) is 55.5. The van der Waals surface area contributed by atoms with E-state index in [0.717, 1.165) is 0 Å². The number of rotatable bonds is 0. The van der Waals surface area contributed by atoms with Gasteiger partial charge >= 0.3 is 0 Å². The SMILES string of the molecule is NC1CC1(F)Cl. The molecule has 2 N–H and O–H groups in total. The molecule has 0 spiro atoms. The molecule has 0 aromatic carbocycles. The summed E-state index contributed by atoms with van der Waals surface area (Å²) in [6.45, 7) is 0. The zero-order chi connectivity index (χ0) is 4.78. The predicted octanol–water partition coefficient (Wildman–Crippen LogP) is 0.622. The van der Waals surface area contributed by atoms with E-state index in [4.69, 9.17) is 17.3 Å². The maximum atomic E-state index is 11.8. The molecule has 0 aromatic heterocycles. The van der Waals surface area contributed by atoms with E-state index in [2.05, 4.69) is 0 Å². The zero-order valence-corrected chi connectivity index (χ0v) is 3.87. The maximum absolute atomic E-state index is 11.8. The van der Waals surface area contributed by atoms with Crippen molar-refractivity contribution in [2.24, 2.45) is 5.73 Å². The Labute approximate surface area is 40.3 Å². The second-order valence-electron chi connectivity index (χ2n) is 1.57. The van der Waals surface area contributed by atoms with E-state index in [1.165, 1.54) is 0 Å². The quantitative estimate of drug-likeness (QED) is 0.454. The summed E-state index contributed by atoms with van der Waals surface area (Å²) in [6, 6.07) is -0.404. The zero-order valence-electron chi connectivity index (χ0n) is 3.12. The summed E-state index contributed by atoms with van der Waals surface area (Å²) >= 11 is 5.00. The van der Waals surface area contributed by atoms with Gasteiger partial charge in [0.1, 0.15) is 0 Å². The molecular weight excluding hydrogens is 104 g/mol. The lowest BCUT2D eigenvalue weighted by Crippen LogP contribution is -2.07. The molecule has 1 rings (SSSR count). The molecule has 6 heavy (non-hydrogen) atoms. The van der Waals surface area contributed by atoms with Crippen molar-refractivity contribution < 1.29 is 4.39 Å². The van der Waals surface area contributed by atoms with Crippen LogP contribution in [0, 0.1) is 0 Å². The van der Waals surface area contributed by atoms with Crippen molar-refractivity contribution in [3.63, 3.8) is 0 Å². The Bertz CT molecular complexity index is 73.2. The van der Waals surface area contributed by atoms with Crippen LogP contribution in [0.4, 0.5) is 4.39 Å². The highest BCUT2D eigenvalue weighted by atomic mass is 35.5. The fourth-order valence-electron chi connectivity index (χ4n) is 0.234. The Hall–Kier alpha value is 0.180. The van der Waals surface area contributed by atoms with Gasteiger partial charge in [0.05, 0.1) is 6.04 Å². The van der Waals surface area contributed by atoms with E-state index in [9.17, 15) is 4.39 Å². The summed E-state index contributed by atoms with van der Waals surface area (Å²) in [6.07, 6.45) is 0.314. The Balaban J connectivity index is 2.41. The topological polar surface area (TPSA) is 26.0 Å². The summed E-state index contributed by atoms with van der Waals surface area (Å²) in [5, 5.41) is -1.54. The first kappa shape index (κ1) is 4.34. The molecule has 0 saturated heterocycles. The molecule has 3 heteroatoms. The Kier molecular flexibility index (Phi) is 0.632. The molecule has 0 radical (unpaired) electrons. The van der Waals surface area contributed by atoms with Gasteiger partial charge in [0.2, 0.25) is 0 Å². The summed E-state index contributed by atoms with van der Waals surface area (Å²) in [5.41, 5.74) is 4.99. The van der Waals surface area contributed by atoms with Gasteiger partial charge in [-0.1, -0.05) is 11.6 Å². The number of halogens is 2. The predicted molar refractivity (Wildman–Crippen MR) is 22.3 cm³/mol. The van der Waals surface area contributed by atoms with Gasteiger partial charge in [-0.25, -0.2) is 4.39 Å². The van der Waals surface area contributed by atoms with Gasteiger partial charge in [0.15, 0.2) is 5.13 Å². The van der Waals surface area contributed by atoms with E-state index in [0.29, 0.717) is 6.42 Å². The molecule has 0 amide bonds. The average molecular weight is 110 g/mol. The Morgan fingerprint density at radius 1 is 2.00 bits per heavy atom. The lowest BCUT2D eigenvalue weighted by molar-refractivity contribution is 0.416. The van der Waals surface area contributed by atoms with Crippen molar-refractivity contribution in [1.29, 1.82) is 0 Å². The van der Waals surface area contributed by atoms with Crippen LogP contribution in [0.25, 0.3) is 0 Å². The summed E-state index contributed by atoms with van der Waals surface area (Å²) in [7, 11) is 0. The van der Waals surface area contributed by atoms with Crippen LogP contribution in [0.3, 0.4) is 0 Å². The van der Waals surface area contributed by atoms with Crippen LogP contribution in [0.15, 0.2) is 0 Å². The van der Waals surface area contributed by atoms with Crippen LogP contribution < -0.4 is 5.73 Å². The number of hydrogen-bond acceptors (Lipinski definition) is 1. The second kappa shape index (κ2) is 0.873. The molecule has 0 bridgehead atoms. The summed E-state index contributed by atoms with van der Waals surface area (Å²) < 4.78 is 11.8. The van der Waals surface area contributed by atoms with E-state index < -0.39 is 11.2 Å². The maximum Gasteiger partial charge on any atom is 0.200 e. The highest BCUT2D eigenvalue weighted by Gasteiger charge is 2.51. The van der Waals surface area contributed by atoms with Crippen LogP contribution >= 0.6 is 11.6 Å². The fourth-order valence-corrected chi connectivity index (χ4v) is 0.401. The minimum absolute atomic E-state index is 0.314. The van der Waals surface area contributed by atoms with E-state index in [1.807, 2.05) is 0 Å². The smallest absolute Gasteiger partial charge is 0.200 e. The monoisotopic (exact) mass is 109 g/mol. The van der Waals surface area contributed by atoms with Gasteiger partial charge in [-0.05, 0) is 0 Å². The third kappa shape index (κ3) is 0.502. The van der Waals surface area contributed by atoms with Gasteiger partial charge in [0, 0.05) is 6.42 Å². The van der Waals surface area contributed by atoms with Crippen LogP contribution in [0.2, 0.25) is 0 Å². The standard InChI is InChI=1S/C3H5ClFN/c4-3(5)1-2(3)6/h2H,1,6H2. The van der Waals surface area contributed by atoms with Crippen molar-refractivity contribution in [2.45, 2.75) is 17.6 Å². The molecule has 36 valence electrons. The number of nitrogens with two attached hydrogens (primary N) is 1. The molecule has 1 aliphatic carbocycles. The first-order valence-electron chi connectivity index (χ1n) is 1.76. The van der Waals surface area contributed by atoms with Crippen molar-refractivity contribution in [3.8, 4) is 0 Å². The third-order valence-electron chi connectivity index (χ3n) is 0.874. The van der Waals surface area contributed by atoms with Gasteiger partial charge < -0.3 is 5.73 Å². The lowest BCUT2D eigenvalue weighted by atomic mass is 10.8. The summed E-state index contributed by atoms with van der Waals surface area (Å²) in [4.78, 5) is 0. The molecular formula is C3H5ClFN. The minimum Gasteiger partial charge on any atom is -0.324 e. The van der Waals surface area contributed by atoms with Crippen LogP contribution in [0.5, 0.6) is 0 Å². The minimum atomic E-state index is -1.54. The fraction of sp³-hybridized carbons (Fsp3) is 1.00.